The van der Waals surface area contributed by atoms with E-state index in [1.165, 1.54) is 38.5 Å². The smallest absolute Gasteiger partial charge is 0.134 e. The highest BCUT2D eigenvalue weighted by molar-refractivity contribution is 9.12. The maximum Gasteiger partial charge on any atom is 0.134 e. The van der Waals surface area contributed by atoms with Crippen molar-refractivity contribution in [3.05, 3.63) is 83.9 Å². The average Bonchev–Trinajstić information content (AvgIpc) is 3.17. The summed E-state index contributed by atoms with van der Waals surface area (Å²) in [4.78, 5) is 2.46. The molecule has 0 bridgehead atoms. The van der Waals surface area contributed by atoms with Crippen LogP contribution in [0.2, 0.25) is 0 Å². The molecular formula is C47H65BrO6. The monoisotopic (exact) mass is 804 g/mol. The third kappa shape index (κ3) is 31.9. The van der Waals surface area contributed by atoms with Crippen molar-refractivity contribution in [1.29, 1.82) is 0 Å². The van der Waals surface area contributed by atoms with Crippen LogP contribution in [0.5, 0.6) is 0 Å². The molecule has 2 aromatic carbocycles. The number of aliphatic hydroxyl groups is 6. The standard InChI is InChI=1S/C23H30O3.C12H22O2.C11H9BrO.CH4/c1-2-3-4-5-11-16-22(25)23(26)17-12-7-10-15-21(24)19-18-20-13-8-6-9-14-20;1-3-5-6-7-8-10-12(14)11(13)9-4-2;12-9-8-11(13)7-6-10-4-2-1-3-5-10;/h6,8-9,13-14,18-19,21-26H,2-5,11,16-17H2,1H3;2,11-14H,3,5-10H2,1H3;1-7,11,13H;1H4/b19-18+;;7-6+;/t21?,22-,23-;11-,12-;;/m11../s1. The first-order valence-electron chi connectivity index (χ1n) is 18.8. The van der Waals surface area contributed by atoms with Crippen molar-refractivity contribution in [3.63, 3.8) is 0 Å². The van der Waals surface area contributed by atoms with E-state index in [9.17, 15) is 30.6 Å². The molecule has 0 aliphatic carbocycles. The molecule has 0 heterocycles. The Hall–Kier alpha value is -3.60. The van der Waals surface area contributed by atoms with Gasteiger partial charge in [0.25, 0.3) is 0 Å². The maximum absolute atomic E-state index is 9.89. The largest absolute Gasteiger partial charge is 0.390 e. The Balaban J connectivity index is 0. The molecule has 0 saturated heterocycles. The third-order valence-electron chi connectivity index (χ3n) is 7.85. The number of unbranched alkanes of at least 4 members (excludes halogenated alkanes) is 8. The topological polar surface area (TPSA) is 121 Å². The fourth-order valence-electron chi connectivity index (χ4n) is 4.69. The van der Waals surface area contributed by atoms with Gasteiger partial charge in [-0.05, 0) is 52.8 Å². The normalized spacial score (nSPS) is 13.5. The molecule has 7 heteroatoms. The predicted molar refractivity (Wildman–Crippen MR) is 231 cm³/mol. The molecule has 0 radical (unpaired) electrons. The number of terminal acetylenes is 1. The van der Waals surface area contributed by atoms with Gasteiger partial charge in [-0.2, -0.15) is 0 Å². The molecule has 2 unspecified atom stereocenters. The Bertz CT molecular complexity index is 1450. The minimum Gasteiger partial charge on any atom is -0.390 e. The van der Waals surface area contributed by atoms with Crippen molar-refractivity contribution in [2.45, 2.75) is 148 Å². The summed E-state index contributed by atoms with van der Waals surface area (Å²) in [5, 5.41) is 57.5. The van der Waals surface area contributed by atoms with Crippen molar-refractivity contribution in [2.75, 3.05) is 0 Å². The molecule has 2 aromatic rings. The fourth-order valence-corrected chi connectivity index (χ4v) is 4.92. The van der Waals surface area contributed by atoms with Gasteiger partial charge in [0.05, 0.1) is 24.4 Å². The summed E-state index contributed by atoms with van der Waals surface area (Å²) in [6.07, 6.45) is 20.4. The number of halogens is 1. The van der Waals surface area contributed by atoms with Crippen molar-refractivity contribution in [2.24, 2.45) is 0 Å². The van der Waals surface area contributed by atoms with Gasteiger partial charge in [0, 0.05) is 28.8 Å². The fraction of sp³-hybridized carbons (Fsp3) is 0.489. The lowest BCUT2D eigenvalue weighted by Gasteiger charge is -2.15. The molecule has 0 aliphatic rings. The average molecular weight is 806 g/mol. The molecule has 0 fully saturated rings. The second-order valence-corrected chi connectivity index (χ2v) is 12.9. The van der Waals surface area contributed by atoms with Crippen LogP contribution in [0.15, 0.2) is 72.8 Å². The van der Waals surface area contributed by atoms with Crippen molar-refractivity contribution >= 4 is 28.1 Å². The first-order chi connectivity index (χ1) is 25.7. The molecule has 6 N–H and O–H groups in total. The van der Waals surface area contributed by atoms with Crippen LogP contribution in [-0.4, -0.2) is 67.3 Å². The molecule has 6 atom stereocenters. The van der Waals surface area contributed by atoms with Crippen LogP contribution in [0.25, 0.3) is 12.2 Å². The molecule has 2 rings (SSSR count). The highest BCUT2D eigenvalue weighted by atomic mass is 79.9. The molecule has 0 amide bonds. The van der Waals surface area contributed by atoms with E-state index in [1.807, 2.05) is 66.7 Å². The Morgan fingerprint density at radius 2 is 1.00 bits per heavy atom. The SMILES string of the molecule is C.C#CC[C@@H](O)[C@H](O)CCCCCCC.CCCCCCC[C@@H](O)[C@H](O)CC#CC#CC(O)/C=C/c1ccccc1.OC(C#CBr)/C=C/c1ccccc1. The van der Waals surface area contributed by atoms with Gasteiger partial charge in [0.1, 0.15) is 12.2 Å². The van der Waals surface area contributed by atoms with Crippen LogP contribution in [0.3, 0.4) is 0 Å². The number of benzene rings is 2. The Labute approximate surface area is 336 Å². The number of rotatable bonds is 20. The zero-order chi connectivity index (χ0) is 39.4. The summed E-state index contributed by atoms with van der Waals surface area (Å²) in [6, 6.07) is 19.4. The van der Waals surface area contributed by atoms with Crippen LogP contribution in [-0.2, 0) is 0 Å². The van der Waals surface area contributed by atoms with Crippen LogP contribution < -0.4 is 0 Å². The van der Waals surface area contributed by atoms with Gasteiger partial charge >= 0.3 is 0 Å². The second-order valence-electron chi connectivity index (χ2n) is 12.5. The van der Waals surface area contributed by atoms with E-state index in [1.54, 1.807) is 18.2 Å². The van der Waals surface area contributed by atoms with Crippen molar-refractivity contribution < 1.29 is 30.6 Å². The summed E-state index contributed by atoms with van der Waals surface area (Å²) in [5.41, 5.74) is 2.05. The van der Waals surface area contributed by atoms with Gasteiger partial charge in [-0.1, -0.05) is 176 Å². The van der Waals surface area contributed by atoms with Crippen LogP contribution >= 0.6 is 15.9 Å². The molecule has 54 heavy (non-hydrogen) atoms. The lowest BCUT2D eigenvalue weighted by molar-refractivity contribution is 0.0165. The summed E-state index contributed by atoms with van der Waals surface area (Å²) in [5.74, 6) is 15.4. The first-order valence-corrected chi connectivity index (χ1v) is 19.6. The molecule has 0 aliphatic heterocycles. The predicted octanol–water partition coefficient (Wildman–Crippen LogP) is 8.68. The van der Waals surface area contributed by atoms with Crippen molar-refractivity contribution in [1.82, 2.24) is 0 Å². The number of aliphatic hydroxyl groups excluding tert-OH is 6. The Morgan fingerprint density at radius 1 is 0.574 bits per heavy atom. The van der Waals surface area contributed by atoms with Gasteiger partial charge in [0.15, 0.2) is 0 Å². The lowest BCUT2D eigenvalue weighted by atomic mass is 10.0. The third-order valence-corrected chi connectivity index (χ3v) is 8.08. The summed E-state index contributed by atoms with van der Waals surface area (Å²) >= 11 is 2.92. The summed E-state index contributed by atoms with van der Waals surface area (Å²) in [7, 11) is 0. The molecule has 296 valence electrons. The van der Waals surface area contributed by atoms with Crippen LogP contribution in [0.1, 0.15) is 122 Å². The van der Waals surface area contributed by atoms with E-state index in [-0.39, 0.29) is 20.3 Å². The van der Waals surface area contributed by atoms with E-state index < -0.39 is 36.6 Å². The molecule has 6 nitrogen and oxygen atoms in total. The van der Waals surface area contributed by atoms with E-state index in [2.05, 4.69) is 70.1 Å². The van der Waals surface area contributed by atoms with E-state index in [0.717, 1.165) is 36.8 Å². The molecule has 0 aromatic heterocycles. The van der Waals surface area contributed by atoms with Gasteiger partial charge in [0.2, 0.25) is 0 Å². The maximum atomic E-state index is 9.89. The zero-order valence-corrected chi connectivity index (χ0v) is 33.2. The Morgan fingerprint density at radius 3 is 1.43 bits per heavy atom. The van der Waals surface area contributed by atoms with Crippen LogP contribution in [0, 0.1) is 46.8 Å². The Kier molecular flexibility index (Phi) is 36.7. The number of hydrogen-bond donors (Lipinski definition) is 6. The second kappa shape index (κ2) is 37.7. The molecular weight excluding hydrogens is 740 g/mol. The minimum atomic E-state index is -0.886. The summed E-state index contributed by atoms with van der Waals surface area (Å²) in [6.45, 7) is 4.34. The number of hydrogen-bond acceptors (Lipinski definition) is 6. The molecule has 0 spiro atoms. The lowest BCUT2D eigenvalue weighted by Crippen LogP contribution is -2.25. The molecule has 0 saturated carbocycles. The summed E-state index contributed by atoms with van der Waals surface area (Å²) < 4.78 is 0. The van der Waals surface area contributed by atoms with E-state index in [4.69, 9.17) is 6.42 Å². The van der Waals surface area contributed by atoms with Gasteiger partial charge in [-0.3, -0.25) is 0 Å². The quantitative estimate of drug-likeness (QED) is 0.0589. The van der Waals surface area contributed by atoms with Crippen molar-refractivity contribution in [3.8, 4) is 46.8 Å². The van der Waals surface area contributed by atoms with Gasteiger partial charge in [-0.25, -0.2) is 0 Å². The highest BCUT2D eigenvalue weighted by Crippen LogP contribution is 2.12. The minimum absolute atomic E-state index is 0. The van der Waals surface area contributed by atoms with Gasteiger partial charge in [-0.15, -0.1) is 12.3 Å². The van der Waals surface area contributed by atoms with Crippen LogP contribution in [0.4, 0.5) is 0 Å². The van der Waals surface area contributed by atoms with Gasteiger partial charge < -0.3 is 30.6 Å². The highest BCUT2D eigenvalue weighted by Gasteiger charge is 2.15. The zero-order valence-electron chi connectivity index (χ0n) is 31.6. The van der Waals surface area contributed by atoms with E-state index >= 15 is 0 Å². The van der Waals surface area contributed by atoms with E-state index in [0.29, 0.717) is 12.8 Å². The first kappa shape index (κ1) is 52.5.